The lowest BCUT2D eigenvalue weighted by Crippen LogP contribution is -2.20. The first-order valence-corrected chi connectivity index (χ1v) is 5.94. The first-order chi connectivity index (χ1) is 8.65. The lowest BCUT2D eigenvalue weighted by atomic mass is 9.96. The van der Waals surface area contributed by atoms with E-state index in [4.69, 9.17) is 14.2 Å². The van der Waals surface area contributed by atoms with Crippen LogP contribution >= 0.6 is 0 Å². The average Bonchev–Trinajstić information content (AvgIpc) is 3.19. The van der Waals surface area contributed by atoms with E-state index < -0.39 is 0 Å². The molecule has 0 atom stereocenters. The summed E-state index contributed by atoms with van der Waals surface area (Å²) >= 11 is 0. The van der Waals surface area contributed by atoms with E-state index in [9.17, 15) is 4.79 Å². The zero-order valence-electron chi connectivity index (χ0n) is 11.0. The van der Waals surface area contributed by atoms with Crippen LogP contribution in [0.3, 0.4) is 0 Å². The highest BCUT2D eigenvalue weighted by Gasteiger charge is 2.51. The van der Waals surface area contributed by atoms with Crippen molar-refractivity contribution in [1.29, 1.82) is 0 Å². The number of benzene rings is 1. The van der Waals surface area contributed by atoms with Gasteiger partial charge < -0.3 is 14.2 Å². The van der Waals surface area contributed by atoms with Gasteiger partial charge in [0.25, 0.3) is 0 Å². The van der Waals surface area contributed by atoms with Crippen LogP contribution in [0.25, 0.3) is 0 Å². The van der Waals surface area contributed by atoms with Gasteiger partial charge >= 0.3 is 5.97 Å². The van der Waals surface area contributed by atoms with E-state index in [-0.39, 0.29) is 11.4 Å². The summed E-state index contributed by atoms with van der Waals surface area (Å²) in [5.41, 5.74) is 0.678. The second kappa shape index (κ2) is 4.88. The standard InChI is InChI=1S/C14H18O4/c1-16-11-5-4-10(12(8-11)17-2)9-14(6-7-14)13(15)18-3/h4-5,8H,6-7,9H2,1-3H3. The molecule has 0 bridgehead atoms. The highest BCUT2D eigenvalue weighted by molar-refractivity contribution is 5.80. The lowest BCUT2D eigenvalue weighted by molar-refractivity contribution is -0.147. The van der Waals surface area contributed by atoms with E-state index >= 15 is 0 Å². The van der Waals surface area contributed by atoms with Crippen molar-refractivity contribution in [2.75, 3.05) is 21.3 Å². The number of ether oxygens (including phenoxy) is 3. The Hall–Kier alpha value is -1.71. The summed E-state index contributed by atoms with van der Waals surface area (Å²) in [6.07, 6.45) is 2.43. The molecule has 0 amide bonds. The minimum Gasteiger partial charge on any atom is -0.497 e. The Morgan fingerprint density at radius 2 is 1.94 bits per heavy atom. The summed E-state index contributed by atoms with van der Waals surface area (Å²) in [7, 11) is 4.68. The van der Waals surface area contributed by atoms with E-state index in [2.05, 4.69) is 0 Å². The van der Waals surface area contributed by atoms with Crippen molar-refractivity contribution in [2.45, 2.75) is 19.3 Å². The van der Waals surface area contributed by atoms with Gasteiger partial charge in [-0.1, -0.05) is 6.07 Å². The summed E-state index contributed by atoms with van der Waals surface area (Å²) in [5, 5.41) is 0. The van der Waals surface area contributed by atoms with Gasteiger partial charge in [-0.3, -0.25) is 4.79 Å². The minimum absolute atomic E-state index is 0.125. The molecule has 1 aliphatic carbocycles. The number of hydrogen-bond donors (Lipinski definition) is 0. The highest BCUT2D eigenvalue weighted by atomic mass is 16.5. The third-order valence-electron chi connectivity index (χ3n) is 3.50. The molecule has 0 saturated heterocycles. The zero-order chi connectivity index (χ0) is 13.2. The van der Waals surface area contributed by atoms with Crippen LogP contribution in [0.1, 0.15) is 18.4 Å². The predicted octanol–water partition coefficient (Wildman–Crippen LogP) is 2.20. The molecule has 0 unspecified atom stereocenters. The van der Waals surface area contributed by atoms with Gasteiger partial charge in [-0.05, 0) is 30.9 Å². The van der Waals surface area contributed by atoms with Gasteiger partial charge in [-0.25, -0.2) is 0 Å². The van der Waals surface area contributed by atoms with Gasteiger partial charge in [0.15, 0.2) is 0 Å². The molecule has 0 heterocycles. The second-order valence-electron chi connectivity index (χ2n) is 4.63. The van der Waals surface area contributed by atoms with E-state index in [1.165, 1.54) is 7.11 Å². The summed E-state index contributed by atoms with van der Waals surface area (Å²) in [6.45, 7) is 0. The number of rotatable bonds is 5. The van der Waals surface area contributed by atoms with Crippen LogP contribution in [0, 0.1) is 5.41 Å². The summed E-state index contributed by atoms with van der Waals surface area (Å²) in [4.78, 5) is 11.7. The fourth-order valence-electron chi connectivity index (χ4n) is 2.18. The van der Waals surface area contributed by atoms with Crippen LogP contribution in [0.5, 0.6) is 11.5 Å². The van der Waals surface area contributed by atoms with E-state index in [0.717, 1.165) is 29.9 Å². The summed E-state index contributed by atoms with van der Waals surface area (Å²) < 4.78 is 15.4. The summed E-state index contributed by atoms with van der Waals surface area (Å²) in [5.74, 6) is 1.38. The van der Waals surface area contributed by atoms with Crippen molar-refractivity contribution in [3.05, 3.63) is 23.8 Å². The topological polar surface area (TPSA) is 44.8 Å². The molecule has 4 nitrogen and oxygen atoms in total. The lowest BCUT2D eigenvalue weighted by Gasteiger charge is -2.15. The normalized spacial score (nSPS) is 15.9. The molecule has 0 radical (unpaired) electrons. The minimum atomic E-state index is -0.337. The first kappa shape index (κ1) is 12.7. The Labute approximate surface area is 107 Å². The molecule has 1 aliphatic rings. The molecule has 1 aromatic carbocycles. The van der Waals surface area contributed by atoms with Crippen molar-refractivity contribution >= 4 is 5.97 Å². The Morgan fingerprint density at radius 3 is 2.44 bits per heavy atom. The summed E-state index contributed by atoms with van der Waals surface area (Å²) in [6, 6.07) is 5.66. The van der Waals surface area contributed by atoms with Gasteiger partial charge in [0.05, 0.1) is 26.7 Å². The maximum Gasteiger partial charge on any atom is 0.312 e. The molecule has 0 aromatic heterocycles. The van der Waals surface area contributed by atoms with Gasteiger partial charge in [0.1, 0.15) is 11.5 Å². The largest absolute Gasteiger partial charge is 0.497 e. The van der Waals surface area contributed by atoms with Crippen molar-refractivity contribution in [1.82, 2.24) is 0 Å². The van der Waals surface area contributed by atoms with Crippen LogP contribution in [-0.4, -0.2) is 27.3 Å². The number of esters is 1. The molecule has 98 valence electrons. The van der Waals surface area contributed by atoms with Gasteiger partial charge in [-0.15, -0.1) is 0 Å². The zero-order valence-corrected chi connectivity index (χ0v) is 11.0. The van der Waals surface area contributed by atoms with Crippen molar-refractivity contribution in [3.63, 3.8) is 0 Å². The SMILES string of the molecule is COC(=O)C1(Cc2ccc(OC)cc2OC)CC1. The third kappa shape index (κ3) is 2.28. The molecule has 0 N–H and O–H groups in total. The van der Waals surface area contributed by atoms with E-state index in [1.807, 2.05) is 18.2 Å². The highest BCUT2D eigenvalue weighted by Crippen LogP contribution is 2.50. The Bertz CT molecular complexity index is 449. The molecule has 4 heteroatoms. The molecular weight excluding hydrogens is 232 g/mol. The molecule has 0 aliphatic heterocycles. The van der Waals surface area contributed by atoms with Crippen LogP contribution in [0.4, 0.5) is 0 Å². The van der Waals surface area contributed by atoms with Crippen molar-refractivity contribution in [2.24, 2.45) is 5.41 Å². The maximum absolute atomic E-state index is 11.7. The van der Waals surface area contributed by atoms with Gasteiger partial charge in [-0.2, -0.15) is 0 Å². The molecule has 1 aromatic rings. The predicted molar refractivity (Wildman–Crippen MR) is 66.9 cm³/mol. The smallest absolute Gasteiger partial charge is 0.312 e. The van der Waals surface area contributed by atoms with Crippen molar-refractivity contribution < 1.29 is 19.0 Å². The van der Waals surface area contributed by atoms with E-state index in [1.54, 1.807) is 14.2 Å². The quantitative estimate of drug-likeness (QED) is 0.751. The average molecular weight is 250 g/mol. The van der Waals surface area contributed by atoms with Gasteiger partial charge in [0, 0.05) is 6.07 Å². The third-order valence-corrected chi connectivity index (χ3v) is 3.50. The van der Waals surface area contributed by atoms with Crippen molar-refractivity contribution in [3.8, 4) is 11.5 Å². The Balaban J connectivity index is 2.21. The molecule has 1 fully saturated rings. The van der Waals surface area contributed by atoms with Gasteiger partial charge in [0.2, 0.25) is 0 Å². The molecule has 0 spiro atoms. The van der Waals surface area contributed by atoms with Crippen LogP contribution in [0.15, 0.2) is 18.2 Å². The second-order valence-corrected chi connectivity index (χ2v) is 4.63. The maximum atomic E-state index is 11.7. The molecule has 1 saturated carbocycles. The number of methoxy groups -OCH3 is 3. The molecular formula is C14H18O4. The Kier molecular flexibility index (Phi) is 3.45. The number of carbonyl (C=O) groups is 1. The Morgan fingerprint density at radius 1 is 1.22 bits per heavy atom. The number of hydrogen-bond acceptors (Lipinski definition) is 4. The van der Waals surface area contributed by atoms with E-state index in [0.29, 0.717) is 6.42 Å². The number of carbonyl (C=O) groups excluding carboxylic acids is 1. The van der Waals surface area contributed by atoms with Crippen LogP contribution in [0.2, 0.25) is 0 Å². The fourth-order valence-corrected chi connectivity index (χ4v) is 2.18. The monoisotopic (exact) mass is 250 g/mol. The molecule has 2 rings (SSSR count). The van der Waals surface area contributed by atoms with Crippen LogP contribution in [-0.2, 0) is 16.0 Å². The molecule has 18 heavy (non-hydrogen) atoms. The van der Waals surface area contributed by atoms with Crippen LogP contribution < -0.4 is 9.47 Å². The first-order valence-electron chi connectivity index (χ1n) is 5.94. The fraction of sp³-hybridized carbons (Fsp3) is 0.500.